The molecule has 1 heterocycles. The van der Waals surface area contributed by atoms with Crippen LogP contribution < -0.4 is 44.3 Å². The fraction of sp³-hybridized carbons (Fsp3) is 0.233. The Kier molecular flexibility index (Phi) is 29.4. The number of halogens is 3. The number of carbonyl (C=O) groups is 6. The van der Waals surface area contributed by atoms with Gasteiger partial charge in [0.2, 0.25) is 17.7 Å². The summed E-state index contributed by atoms with van der Waals surface area (Å²) in [5.41, 5.74) is 16.2. The van der Waals surface area contributed by atoms with Gasteiger partial charge in [-0.05, 0) is 247 Å². The van der Waals surface area contributed by atoms with E-state index in [1.54, 1.807) is 30.3 Å². The van der Waals surface area contributed by atoms with Crippen molar-refractivity contribution >= 4 is 128 Å². The van der Waals surface area contributed by atoms with Crippen molar-refractivity contribution in [2.75, 3.05) is 39.5 Å². The van der Waals surface area contributed by atoms with Gasteiger partial charge in [0.1, 0.15) is 22.1 Å². The van der Waals surface area contributed by atoms with Gasteiger partial charge < -0.3 is 30.2 Å². The molecule has 22 nitrogen and oxygen atoms in total. The molecule has 0 saturated carbocycles. The Morgan fingerprint density at radius 2 is 0.669 bits per heavy atom. The van der Waals surface area contributed by atoms with Gasteiger partial charge in [0.15, 0.2) is 0 Å². The van der Waals surface area contributed by atoms with Gasteiger partial charge >= 0.3 is 0 Å². The van der Waals surface area contributed by atoms with Crippen molar-refractivity contribution in [1.29, 1.82) is 0 Å². The van der Waals surface area contributed by atoms with Gasteiger partial charge in [-0.25, -0.2) is 39.4 Å². The molecule has 0 bridgehead atoms. The number of pyridine rings is 1. The molecule has 0 unspecified atom stereocenters. The fourth-order valence-corrected chi connectivity index (χ4v) is 17.4. The zero-order chi connectivity index (χ0) is 84.4. The van der Waals surface area contributed by atoms with Crippen LogP contribution in [0.15, 0.2) is 238 Å². The smallest absolute Gasteiger partial charge is 0.265 e. The van der Waals surface area contributed by atoms with Crippen molar-refractivity contribution in [2.45, 2.75) is 114 Å². The quantitative estimate of drug-likeness (QED) is 0.0228. The lowest BCUT2D eigenvalue weighted by atomic mass is 10.0. The molecule has 118 heavy (non-hydrogen) atoms. The van der Waals surface area contributed by atoms with E-state index in [2.05, 4.69) is 25.7 Å². The zero-order valence-electron chi connectivity index (χ0n) is 65.7. The highest BCUT2D eigenvalue weighted by molar-refractivity contribution is 7.90. The lowest BCUT2D eigenvalue weighted by Gasteiger charge is -2.12. The predicted octanol–water partition coefficient (Wildman–Crippen LogP) is 14.8. The molecular weight excluding hydrogens is 1620 g/mol. The molecular formula is C90H88Cl3N7O15S3. The minimum atomic E-state index is -4.10. The molecule has 6 amide bonds. The monoisotopic (exact) mass is 1710 g/mol. The van der Waals surface area contributed by atoms with Crippen LogP contribution >= 0.6 is 34.8 Å². The highest BCUT2D eigenvalue weighted by Crippen LogP contribution is 2.40. The summed E-state index contributed by atoms with van der Waals surface area (Å²) < 4.78 is 98.9. The van der Waals surface area contributed by atoms with E-state index in [-0.39, 0.29) is 14.7 Å². The normalized spacial score (nSPS) is 12.7. The summed E-state index contributed by atoms with van der Waals surface area (Å²) in [6.07, 6.45) is 7.72. The topological polar surface area (TPSA) is 318 Å². The average molecular weight is 1710 g/mol. The third kappa shape index (κ3) is 22.6. The number of benzene rings is 9. The van der Waals surface area contributed by atoms with Crippen LogP contribution in [0, 0.1) is 41.5 Å². The second kappa shape index (κ2) is 39.7. The lowest BCUT2D eigenvalue weighted by molar-refractivity contribution is -0.123. The Morgan fingerprint density at radius 3 is 1.03 bits per heavy atom. The molecule has 0 aliphatic heterocycles. The van der Waals surface area contributed by atoms with Gasteiger partial charge in [-0.15, -0.1) is 0 Å². The number of nitrogens with one attached hydrogen (secondary N) is 6. The first-order valence-electron chi connectivity index (χ1n) is 38.0. The Bertz CT molecular complexity index is 5680. The number of sulfonamides is 3. The molecule has 6 N–H and O–H groups in total. The van der Waals surface area contributed by atoms with Crippen molar-refractivity contribution in [3.8, 4) is 17.2 Å². The van der Waals surface area contributed by atoms with Crippen molar-refractivity contribution in [3.05, 3.63) is 305 Å². The van der Waals surface area contributed by atoms with Crippen LogP contribution in [0.1, 0.15) is 105 Å². The zero-order valence-corrected chi connectivity index (χ0v) is 70.4. The Balaban J connectivity index is 0.000000174. The number of ether oxygens (including phenoxy) is 3. The van der Waals surface area contributed by atoms with E-state index in [0.717, 1.165) is 133 Å². The van der Waals surface area contributed by atoms with Crippen LogP contribution in [-0.2, 0) is 78.1 Å². The summed E-state index contributed by atoms with van der Waals surface area (Å²) in [7, 11) is -12.2. The van der Waals surface area contributed by atoms with Crippen LogP contribution in [0.25, 0.3) is 27.5 Å². The third-order valence-electron chi connectivity index (χ3n) is 19.8. The largest absolute Gasteiger partial charge is 0.494 e. The maximum atomic E-state index is 13.2. The van der Waals surface area contributed by atoms with E-state index in [0.29, 0.717) is 94.3 Å². The SMILES string of the molecule is Cc1cc(OCCCC2=C(C(=O)NCC(=O)NS(=O)(=O)c3ccc4ccccc4c3)Cc3ccccc32)cc(C)c1Cl.Cc1cc(OCCCC2=C(C(=O)NCC(=O)NS(=O)(=O)c3ccccc3)Cc3ccccc32)cc(C)c1Cl.Cc1cc(OCCCC2=C(C(=O)NCC(=O)NS(=O)(=O)c3cccnc3)Cc3ccccc32)cc(C)c1Cl. The third-order valence-corrected chi connectivity index (χ3v) is 25.7. The van der Waals surface area contributed by atoms with Gasteiger partial charge in [0, 0.05) is 63.4 Å². The lowest BCUT2D eigenvalue weighted by Crippen LogP contribution is -2.40. The molecule has 13 rings (SSSR count). The molecule has 0 atom stereocenters. The van der Waals surface area contributed by atoms with Crippen LogP contribution in [0.4, 0.5) is 0 Å². The van der Waals surface area contributed by atoms with E-state index in [1.165, 1.54) is 42.6 Å². The highest BCUT2D eigenvalue weighted by Gasteiger charge is 2.31. The highest BCUT2D eigenvalue weighted by atomic mass is 35.5. The number of amides is 6. The number of hydrogen-bond donors (Lipinski definition) is 6. The molecule has 612 valence electrons. The van der Waals surface area contributed by atoms with Crippen molar-refractivity contribution in [2.24, 2.45) is 0 Å². The number of rotatable bonds is 30. The summed E-state index contributed by atoms with van der Waals surface area (Å²) in [6.45, 7) is 11.6. The van der Waals surface area contributed by atoms with Gasteiger partial charge in [-0.1, -0.05) is 156 Å². The van der Waals surface area contributed by atoms with Crippen LogP contribution in [0.5, 0.6) is 17.2 Å². The number of aryl methyl sites for hydroxylation is 6. The molecule has 0 fully saturated rings. The Morgan fingerprint density at radius 1 is 0.356 bits per heavy atom. The molecule has 0 spiro atoms. The molecule has 9 aromatic carbocycles. The Hall–Kier alpha value is -11.5. The molecule has 10 aromatic rings. The van der Waals surface area contributed by atoms with Crippen molar-refractivity contribution < 1.29 is 68.2 Å². The maximum Gasteiger partial charge on any atom is 0.265 e. The standard InChI is InChI=1S/C33H31ClN2O5S.C29H29ClN2O5S.C28H28ClN3O5S/c1-21-16-26(17-22(2)32(21)34)41-15-7-12-29-28-11-6-5-10-25(28)19-30(29)33(38)35-20-31(37)36-42(39,40)27-14-13-23-8-3-4-9-24(23)18-27;1-19-15-22(16-20(2)28(19)30)37-14-8-13-25-24-12-7-6-9-21(24)17-26(25)29(34)31-18-27(33)32-38(35,36)23-10-4-3-5-11-23;1-18-13-21(14-19(2)27(18)29)37-12-6-10-24-23-9-4-3-7-20(23)15-25(24)28(34)31-17-26(33)32-38(35,36)22-8-5-11-30-16-22/h3-6,8-11,13-14,16-18H,7,12,15,19-20H2,1-2H3,(H,35,38)(H,36,37);3-7,9-12,15-16H,8,13-14,17-18H2,1-2H3,(H,31,34)(H,32,33);3-5,7-9,11,13-14,16H,6,10,12,15,17H2,1-2H3,(H,31,34)(H,32,33). The van der Waals surface area contributed by atoms with Crippen LogP contribution in [0.3, 0.4) is 0 Å². The van der Waals surface area contributed by atoms with E-state index < -0.39 is 85.1 Å². The van der Waals surface area contributed by atoms with Gasteiger partial charge in [0.05, 0.1) is 49.2 Å². The van der Waals surface area contributed by atoms with Crippen molar-refractivity contribution in [3.63, 3.8) is 0 Å². The van der Waals surface area contributed by atoms with Gasteiger partial charge in [-0.3, -0.25) is 33.8 Å². The second-order valence-electron chi connectivity index (χ2n) is 28.5. The summed E-state index contributed by atoms with van der Waals surface area (Å²) in [6, 6.07) is 57.2. The minimum absolute atomic E-state index is 0.0248. The molecule has 0 radical (unpaired) electrons. The number of hydrogen-bond acceptors (Lipinski definition) is 16. The number of aromatic nitrogens is 1. The van der Waals surface area contributed by atoms with Crippen LogP contribution in [-0.4, -0.2) is 105 Å². The summed E-state index contributed by atoms with van der Waals surface area (Å²) in [5.74, 6) is -1.44. The second-order valence-corrected chi connectivity index (χ2v) is 34.7. The molecule has 3 aliphatic carbocycles. The Labute approximate surface area is 702 Å². The fourth-order valence-electron chi connectivity index (χ4n) is 14.1. The number of nitrogens with zero attached hydrogens (tertiary/aromatic N) is 1. The average Bonchev–Trinajstić information content (AvgIpc) is 1.62. The summed E-state index contributed by atoms with van der Waals surface area (Å²) >= 11 is 18.7. The summed E-state index contributed by atoms with van der Waals surface area (Å²) in [5, 5.41) is 11.6. The first-order chi connectivity index (χ1) is 56.4. The number of allylic oxidation sites excluding steroid dienone is 3. The predicted molar refractivity (Wildman–Crippen MR) is 458 cm³/mol. The van der Waals surface area contributed by atoms with E-state index >= 15 is 0 Å². The number of carbonyl (C=O) groups excluding carboxylic acids is 6. The van der Waals surface area contributed by atoms with E-state index in [4.69, 9.17) is 49.0 Å². The molecule has 0 saturated heterocycles. The summed E-state index contributed by atoms with van der Waals surface area (Å²) in [4.78, 5) is 80.2. The van der Waals surface area contributed by atoms with E-state index in [9.17, 15) is 54.0 Å². The minimum Gasteiger partial charge on any atom is -0.494 e. The molecule has 28 heteroatoms. The molecule has 3 aliphatic rings. The van der Waals surface area contributed by atoms with E-state index in [1.807, 2.05) is 178 Å². The van der Waals surface area contributed by atoms with Crippen molar-refractivity contribution in [1.82, 2.24) is 35.1 Å². The van der Waals surface area contributed by atoms with Gasteiger partial charge in [0.25, 0.3) is 47.8 Å². The van der Waals surface area contributed by atoms with Crippen LogP contribution in [0.2, 0.25) is 15.1 Å². The first kappa shape index (κ1) is 87.4. The molecule has 1 aromatic heterocycles. The van der Waals surface area contributed by atoms with Gasteiger partial charge in [-0.2, -0.15) is 0 Å². The number of fused-ring (bicyclic) bond motifs is 4. The first-order valence-corrected chi connectivity index (χ1v) is 43.6. The maximum absolute atomic E-state index is 13.2.